The van der Waals surface area contributed by atoms with Gasteiger partial charge in [-0.3, -0.25) is 4.68 Å². The Morgan fingerprint density at radius 3 is 3.00 bits per heavy atom. The summed E-state index contributed by atoms with van der Waals surface area (Å²) in [6, 6.07) is 0. The first-order valence-corrected chi connectivity index (χ1v) is 6.36. The van der Waals surface area contributed by atoms with Crippen molar-refractivity contribution in [3.8, 4) is 0 Å². The van der Waals surface area contributed by atoms with E-state index in [1.54, 1.807) is 6.33 Å². The van der Waals surface area contributed by atoms with Gasteiger partial charge in [0.15, 0.2) is 0 Å². The van der Waals surface area contributed by atoms with E-state index < -0.39 is 0 Å². The fourth-order valence-electron chi connectivity index (χ4n) is 2.86. The van der Waals surface area contributed by atoms with E-state index in [0.29, 0.717) is 0 Å². The molecule has 2 unspecified atom stereocenters. The van der Waals surface area contributed by atoms with Crippen LogP contribution in [0.15, 0.2) is 6.33 Å². The van der Waals surface area contributed by atoms with Crippen molar-refractivity contribution in [2.24, 2.45) is 11.8 Å². The third kappa shape index (κ3) is 2.43. The van der Waals surface area contributed by atoms with Crippen LogP contribution in [0.2, 0.25) is 0 Å². The van der Waals surface area contributed by atoms with Crippen LogP contribution in [-0.4, -0.2) is 28.4 Å². The largest absolute Gasteiger partial charge is 0.319 e. The molecule has 0 aliphatic heterocycles. The maximum Gasteiger partial charge on any atom is 0.138 e. The van der Waals surface area contributed by atoms with Gasteiger partial charge in [-0.2, -0.15) is 5.10 Å². The van der Waals surface area contributed by atoms with Crippen LogP contribution in [0.1, 0.15) is 32.0 Å². The number of nitrogens with one attached hydrogen (secondary N) is 1. The molecule has 4 heteroatoms. The van der Waals surface area contributed by atoms with Crippen LogP contribution in [0.25, 0.3) is 0 Å². The van der Waals surface area contributed by atoms with Gasteiger partial charge in [0.25, 0.3) is 0 Å². The molecule has 1 aliphatic rings. The second-order valence-corrected chi connectivity index (χ2v) is 4.70. The molecular weight excluding hydrogens is 200 g/mol. The summed E-state index contributed by atoms with van der Waals surface area (Å²) >= 11 is 0. The van der Waals surface area contributed by atoms with Crippen LogP contribution in [0, 0.1) is 11.8 Å². The molecule has 1 aliphatic carbocycles. The highest BCUT2D eigenvalue weighted by Gasteiger charge is 2.27. The van der Waals surface area contributed by atoms with Gasteiger partial charge < -0.3 is 5.32 Å². The quantitative estimate of drug-likeness (QED) is 0.820. The average molecular weight is 222 g/mol. The normalized spacial score (nSPS) is 25.1. The number of nitrogens with zero attached hydrogens (tertiary/aromatic N) is 3. The van der Waals surface area contributed by atoms with Crippen molar-refractivity contribution >= 4 is 0 Å². The highest BCUT2D eigenvalue weighted by molar-refractivity contribution is 4.91. The summed E-state index contributed by atoms with van der Waals surface area (Å²) in [6.45, 7) is 4.20. The second kappa shape index (κ2) is 5.43. The van der Waals surface area contributed by atoms with E-state index >= 15 is 0 Å². The summed E-state index contributed by atoms with van der Waals surface area (Å²) < 4.78 is 2.02. The Labute approximate surface area is 97.5 Å². The Bertz CT molecular complexity index is 321. The van der Waals surface area contributed by atoms with Gasteiger partial charge in [-0.1, -0.05) is 6.42 Å². The Hall–Kier alpha value is -0.900. The molecule has 90 valence electrons. The summed E-state index contributed by atoms with van der Waals surface area (Å²) in [5, 5.41) is 7.54. The predicted molar refractivity (Wildman–Crippen MR) is 64.2 cm³/mol. The Kier molecular flexibility index (Phi) is 3.93. The standard InChI is InChI=1S/C12H22N4/c1-3-16-12(14-9-15-16)7-10-5-4-6-11(10)8-13-2/h9-11,13H,3-8H2,1-2H3. The maximum absolute atomic E-state index is 4.38. The Balaban J connectivity index is 1.98. The molecule has 1 N–H and O–H groups in total. The Morgan fingerprint density at radius 2 is 2.25 bits per heavy atom. The minimum absolute atomic E-state index is 0.793. The minimum Gasteiger partial charge on any atom is -0.319 e. The smallest absolute Gasteiger partial charge is 0.138 e. The Morgan fingerprint density at radius 1 is 1.44 bits per heavy atom. The van der Waals surface area contributed by atoms with Gasteiger partial charge in [-0.05, 0) is 45.2 Å². The van der Waals surface area contributed by atoms with Crippen molar-refractivity contribution in [3.63, 3.8) is 0 Å². The van der Waals surface area contributed by atoms with E-state index in [1.807, 2.05) is 11.7 Å². The van der Waals surface area contributed by atoms with E-state index in [4.69, 9.17) is 0 Å². The second-order valence-electron chi connectivity index (χ2n) is 4.70. The van der Waals surface area contributed by atoms with Gasteiger partial charge in [0.05, 0.1) is 0 Å². The molecule has 1 aromatic rings. The number of hydrogen-bond acceptors (Lipinski definition) is 3. The summed E-state index contributed by atoms with van der Waals surface area (Å²) in [7, 11) is 2.05. The molecule has 16 heavy (non-hydrogen) atoms. The molecule has 1 fully saturated rings. The van der Waals surface area contributed by atoms with Gasteiger partial charge in [0.1, 0.15) is 12.2 Å². The number of aryl methyl sites for hydroxylation is 1. The summed E-state index contributed by atoms with van der Waals surface area (Å²) in [4.78, 5) is 4.38. The van der Waals surface area contributed by atoms with E-state index in [2.05, 4.69) is 22.3 Å². The molecule has 4 nitrogen and oxygen atoms in total. The average Bonchev–Trinajstić information content (AvgIpc) is 2.89. The van der Waals surface area contributed by atoms with Crippen LogP contribution in [0.5, 0.6) is 0 Å². The number of hydrogen-bond donors (Lipinski definition) is 1. The maximum atomic E-state index is 4.38. The first kappa shape index (κ1) is 11.6. The molecule has 2 atom stereocenters. The molecule has 1 saturated carbocycles. The highest BCUT2D eigenvalue weighted by Crippen LogP contribution is 2.33. The summed E-state index contributed by atoms with van der Waals surface area (Å²) in [5.74, 6) is 2.78. The molecule has 0 spiro atoms. The molecule has 0 bridgehead atoms. The number of aromatic nitrogens is 3. The predicted octanol–water partition coefficient (Wildman–Crippen LogP) is 1.48. The lowest BCUT2D eigenvalue weighted by Gasteiger charge is -2.18. The third-order valence-corrected chi connectivity index (χ3v) is 3.72. The molecular formula is C12H22N4. The first-order chi connectivity index (χ1) is 7.85. The van der Waals surface area contributed by atoms with Gasteiger partial charge in [-0.25, -0.2) is 4.98 Å². The van der Waals surface area contributed by atoms with E-state index in [9.17, 15) is 0 Å². The summed E-state index contributed by atoms with van der Waals surface area (Å²) in [6.07, 6.45) is 6.87. The highest BCUT2D eigenvalue weighted by atomic mass is 15.3. The fraction of sp³-hybridized carbons (Fsp3) is 0.833. The van der Waals surface area contributed by atoms with Crippen molar-refractivity contribution in [1.29, 1.82) is 0 Å². The zero-order valence-electron chi connectivity index (χ0n) is 10.3. The summed E-state index contributed by atoms with van der Waals surface area (Å²) in [5.41, 5.74) is 0. The van der Waals surface area contributed by atoms with E-state index in [0.717, 1.165) is 37.2 Å². The zero-order chi connectivity index (χ0) is 11.4. The minimum atomic E-state index is 0.793. The molecule has 1 heterocycles. The van der Waals surface area contributed by atoms with Gasteiger partial charge in [-0.15, -0.1) is 0 Å². The third-order valence-electron chi connectivity index (χ3n) is 3.72. The van der Waals surface area contributed by atoms with Crippen molar-refractivity contribution in [1.82, 2.24) is 20.1 Å². The molecule has 0 radical (unpaired) electrons. The fourth-order valence-corrected chi connectivity index (χ4v) is 2.86. The molecule has 0 saturated heterocycles. The topological polar surface area (TPSA) is 42.7 Å². The zero-order valence-corrected chi connectivity index (χ0v) is 10.3. The monoisotopic (exact) mass is 222 g/mol. The molecule has 1 aromatic heterocycles. The van der Waals surface area contributed by atoms with Crippen molar-refractivity contribution < 1.29 is 0 Å². The first-order valence-electron chi connectivity index (χ1n) is 6.36. The lowest BCUT2D eigenvalue weighted by molar-refractivity contribution is 0.362. The van der Waals surface area contributed by atoms with Crippen LogP contribution in [-0.2, 0) is 13.0 Å². The van der Waals surface area contributed by atoms with Crippen LogP contribution in [0.4, 0.5) is 0 Å². The van der Waals surface area contributed by atoms with Crippen molar-refractivity contribution in [2.45, 2.75) is 39.2 Å². The lowest BCUT2D eigenvalue weighted by atomic mass is 9.92. The van der Waals surface area contributed by atoms with E-state index in [-0.39, 0.29) is 0 Å². The van der Waals surface area contributed by atoms with E-state index in [1.165, 1.54) is 19.3 Å². The van der Waals surface area contributed by atoms with Crippen molar-refractivity contribution in [2.75, 3.05) is 13.6 Å². The number of rotatable bonds is 5. The van der Waals surface area contributed by atoms with Gasteiger partial charge in [0, 0.05) is 13.0 Å². The molecule has 0 amide bonds. The molecule has 0 aromatic carbocycles. The van der Waals surface area contributed by atoms with Crippen LogP contribution in [0.3, 0.4) is 0 Å². The van der Waals surface area contributed by atoms with Crippen molar-refractivity contribution in [3.05, 3.63) is 12.2 Å². The SMILES string of the molecule is CCn1ncnc1CC1CCCC1CNC. The van der Waals surface area contributed by atoms with Crippen LogP contribution >= 0.6 is 0 Å². The van der Waals surface area contributed by atoms with Gasteiger partial charge in [0.2, 0.25) is 0 Å². The van der Waals surface area contributed by atoms with Crippen LogP contribution < -0.4 is 5.32 Å². The molecule has 2 rings (SSSR count). The lowest BCUT2D eigenvalue weighted by Crippen LogP contribution is -2.24. The van der Waals surface area contributed by atoms with Gasteiger partial charge >= 0.3 is 0 Å².